The fraction of sp³-hybridized carbons (Fsp3) is 0.500. The zero-order chi connectivity index (χ0) is 11.5. The van der Waals surface area contributed by atoms with Crippen LogP contribution in [-0.4, -0.2) is 18.0 Å². The minimum absolute atomic E-state index is 0.0752. The summed E-state index contributed by atoms with van der Waals surface area (Å²) in [6.07, 6.45) is 0. The minimum atomic E-state index is -2.87. The molecule has 15 heavy (non-hydrogen) atoms. The highest BCUT2D eigenvalue weighted by Gasteiger charge is 2.36. The van der Waals surface area contributed by atoms with Crippen molar-refractivity contribution < 1.29 is 8.78 Å². The highest BCUT2D eigenvalue weighted by Crippen LogP contribution is 2.31. The van der Waals surface area contributed by atoms with Crippen LogP contribution in [0.1, 0.15) is 25.0 Å². The molecule has 0 atom stereocenters. The Labute approximate surface area is 89.7 Å². The summed E-state index contributed by atoms with van der Waals surface area (Å²) in [5.41, 5.74) is 0.936. The molecule has 1 nitrogen and oxygen atoms in total. The summed E-state index contributed by atoms with van der Waals surface area (Å²) in [6.45, 7) is 6.00. The van der Waals surface area contributed by atoms with Crippen molar-refractivity contribution in [3.05, 3.63) is 35.4 Å². The van der Waals surface area contributed by atoms with E-state index in [0.29, 0.717) is 13.1 Å². The Hall–Kier alpha value is -0.960. The van der Waals surface area contributed by atoms with E-state index < -0.39 is 6.05 Å². The largest absolute Gasteiger partial charge is 0.331 e. The first-order chi connectivity index (χ1) is 7.02. The Morgan fingerprint density at radius 2 is 1.80 bits per heavy atom. The van der Waals surface area contributed by atoms with Crippen LogP contribution in [0.5, 0.6) is 0 Å². The summed E-state index contributed by atoms with van der Waals surface area (Å²) >= 11 is 0. The van der Waals surface area contributed by atoms with Crippen molar-refractivity contribution >= 4 is 0 Å². The molecule has 0 aliphatic carbocycles. The van der Waals surface area contributed by atoms with Crippen LogP contribution in [0.4, 0.5) is 8.78 Å². The number of hydrogen-bond donors (Lipinski definition) is 0. The monoisotopic (exact) mass is 213 g/mol. The Morgan fingerprint density at radius 3 is 2.27 bits per heavy atom. The molecule has 1 aromatic carbocycles. The van der Waals surface area contributed by atoms with Crippen LogP contribution in [0, 0.1) is 6.92 Å². The molecule has 0 saturated heterocycles. The van der Waals surface area contributed by atoms with Gasteiger partial charge in [0.2, 0.25) is 0 Å². The molecule has 0 amide bonds. The van der Waals surface area contributed by atoms with Gasteiger partial charge in [0.15, 0.2) is 0 Å². The molecular formula is C12H17F2N. The van der Waals surface area contributed by atoms with Gasteiger partial charge in [-0.3, -0.25) is 0 Å². The zero-order valence-corrected chi connectivity index (χ0v) is 9.43. The van der Waals surface area contributed by atoms with E-state index in [1.807, 2.05) is 13.0 Å². The molecule has 0 aromatic heterocycles. The highest BCUT2D eigenvalue weighted by atomic mass is 19.3. The predicted molar refractivity (Wildman–Crippen MR) is 58.0 cm³/mol. The van der Waals surface area contributed by atoms with Gasteiger partial charge in [0.25, 0.3) is 0 Å². The molecule has 3 heteroatoms. The van der Waals surface area contributed by atoms with Gasteiger partial charge in [-0.25, -0.2) is 4.90 Å². The summed E-state index contributed by atoms with van der Waals surface area (Å²) in [4.78, 5) is 1.15. The van der Waals surface area contributed by atoms with Crippen molar-refractivity contribution in [3.8, 4) is 0 Å². The third-order valence-corrected chi connectivity index (χ3v) is 2.53. The average molecular weight is 213 g/mol. The van der Waals surface area contributed by atoms with Crippen LogP contribution >= 0.6 is 0 Å². The fourth-order valence-electron chi connectivity index (χ4n) is 1.64. The van der Waals surface area contributed by atoms with Gasteiger partial charge in [-0.2, -0.15) is 8.78 Å². The molecular weight excluding hydrogens is 196 g/mol. The normalized spacial score (nSPS) is 12.1. The number of aryl methyl sites for hydroxylation is 1. The second-order valence-corrected chi connectivity index (χ2v) is 3.58. The molecule has 0 aliphatic heterocycles. The minimum Gasteiger partial charge on any atom is -0.241 e. The number of halogens is 2. The number of hydrogen-bond acceptors (Lipinski definition) is 1. The summed E-state index contributed by atoms with van der Waals surface area (Å²) in [6, 6.07) is 3.64. The fourth-order valence-corrected chi connectivity index (χ4v) is 1.64. The average Bonchev–Trinajstić information content (AvgIpc) is 2.19. The van der Waals surface area contributed by atoms with Crippen LogP contribution in [0.3, 0.4) is 0 Å². The van der Waals surface area contributed by atoms with Gasteiger partial charge in [-0.15, -0.1) is 0 Å². The molecule has 0 saturated carbocycles. The number of rotatable bonds is 4. The first kappa shape index (κ1) is 12.1. The molecule has 0 unspecified atom stereocenters. The van der Waals surface area contributed by atoms with Gasteiger partial charge < -0.3 is 0 Å². The zero-order valence-electron chi connectivity index (χ0n) is 9.43. The third-order valence-electron chi connectivity index (χ3n) is 2.53. The van der Waals surface area contributed by atoms with Crippen molar-refractivity contribution in [2.75, 3.05) is 13.1 Å². The van der Waals surface area contributed by atoms with E-state index in [1.54, 1.807) is 19.9 Å². The van der Waals surface area contributed by atoms with Crippen molar-refractivity contribution in [1.29, 1.82) is 0 Å². The van der Waals surface area contributed by atoms with Crippen molar-refractivity contribution in [2.24, 2.45) is 0 Å². The second-order valence-electron chi connectivity index (χ2n) is 3.58. The van der Waals surface area contributed by atoms with Crippen LogP contribution in [0.15, 0.2) is 24.3 Å². The lowest BCUT2D eigenvalue weighted by molar-refractivity contribution is -0.150. The first-order valence-electron chi connectivity index (χ1n) is 5.22. The van der Waals surface area contributed by atoms with Crippen molar-refractivity contribution in [3.63, 3.8) is 0 Å². The summed E-state index contributed by atoms with van der Waals surface area (Å²) < 4.78 is 27.9. The smallest absolute Gasteiger partial charge is 0.241 e. The maximum absolute atomic E-state index is 13.9. The van der Waals surface area contributed by atoms with E-state index in [1.165, 1.54) is 12.1 Å². The standard InChI is InChI=1S/C12H17F2N/c1-4-15(5-2)12(13,14)11-8-6-7-10(3)9-11/h6-9H,4-5H2,1-3H3. The quantitative estimate of drug-likeness (QED) is 0.693. The maximum Gasteiger partial charge on any atom is 0.331 e. The summed E-state index contributed by atoms with van der Waals surface area (Å²) in [7, 11) is 0. The van der Waals surface area contributed by atoms with E-state index in [0.717, 1.165) is 10.5 Å². The van der Waals surface area contributed by atoms with Crippen molar-refractivity contribution in [2.45, 2.75) is 26.8 Å². The Kier molecular flexibility index (Phi) is 3.80. The molecule has 0 spiro atoms. The van der Waals surface area contributed by atoms with Gasteiger partial charge in [-0.05, 0) is 13.0 Å². The second kappa shape index (κ2) is 4.71. The molecule has 0 heterocycles. The van der Waals surface area contributed by atoms with E-state index in [2.05, 4.69) is 0 Å². The Bertz CT molecular complexity index is 319. The first-order valence-corrected chi connectivity index (χ1v) is 5.22. The van der Waals surface area contributed by atoms with Gasteiger partial charge >= 0.3 is 6.05 Å². The molecule has 84 valence electrons. The van der Waals surface area contributed by atoms with Crippen LogP contribution in [0.25, 0.3) is 0 Å². The maximum atomic E-state index is 13.9. The highest BCUT2D eigenvalue weighted by molar-refractivity contribution is 5.25. The number of alkyl halides is 2. The van der Waals surface area contributed by atoms with Crippen LogP contribution < -0.4 is 0 Å². The molecule has 1 aromatic rings. The Morgan fingerprint density at radius 1 is 1.20 bits per heavy atom. The van der Waals surface area contributed by atoms with E-state index in [4.69, 9.17) is 0 Å². The van der Waals surface area contributed by atoms with E-state index in [9.17, 15) is 8.78 Å². The molecule has 0 bridgehead atoms. The number of nitrogens with zero attached hydrogens (tertiary/aromatic N) is 1. The third kappa shape index (κ3) is 2.53. The van der Waals surface area contributed by atoms with Gasteiger partial charge in [0.1, 0.15) is 0 Å². The SMILES string of the molecule is CCN(CC)C(F)(F)c1cccc(C)c1. The van der Waals surface area contributed by atoms with Gasteiger partial charge in [0, 0.05) is 18.7 Å². The summed E-state index contributed by atoms with van der Waals surface area (Å²) in [5, 5.41) is 0. The lowest BCUT2D eigenvalue weighted by Crippen LogP contribution is -2.39. The van der Waals surface area contributed by atoms with Crippen LogP contribution in [-0.2, 0) is 6.05 Å². The molecule has 0 radical (unpaired) electrons. The van der Waals surface area contributed by atoms with Gasteiger partial charge in [-0.1, -0.05) is 37.6 Å². The topological polar surface area (TPSA) is 3.24 Å². The van der Waals surface area contributed by atoms with Crippen LogP contribution in [0.2, 0.25) is 0 Å². The molecule has 0 fully saturated rings. The molecule has 0 aliphatic rings. The number of benzene rings is 1. The summed E-state index contributed by atoms with van der Waals surface area (Å²) in [5.74, 6) is 0. The lowest BCUT2D eigenvalue weighted by Gasteiger charge is -2.29. The molecule has 0 N–H and O–H groups in total. The van der Waals surface area contributed by atoms with Gasteiger partial charge in [0.05, 0.1) is 0 Å². The van der Waals surface area contributed by atoms with E-state index in [-0.39, 0.29) is 5.56 Å². The predicted octanol–water partition coefficient (Wildman–Crippen LogP) is 3.39. The Balaban J connectivity index is 3.03. The van der Waals surface area contributed by atoms with E-state index >= 15 is 0 Å². The molecule has 1 rings (SSSR count). The van der Waals surface area contributed by atoms with Crippen molar-refractivity contribution in [1.82, 2.24) is 4.90 Å². The lowest BCUT2D eigenvalue weighted by atomic mass is 10.1.